The topological polar surface area (TPSA) is 84.4 Å². The zero-order valence-corrected chi connectivity index (χ0v) is 17.0. The first-order valence-corrected chi connectivity index (χ1v) is 10.6. The third kappa shape index (κ3) is 4.16. The Labute approximate surface area is 170 Å². The van der Waals surface area contributed by atoms with Crippen molar-refractivity contribution in [3.05, 3.63) is 64.0 Å². The van der Waals surface area contributed by atoms with Gasteiger partial charge in [0.05, 0.1) is 34.5 Å². The van der Waals surface area contributed by atoms with Crippen LogP contribution in [0.15, 0.2) is 47.5 Å². The molecule has 0 atom stereocenters. The summed E-state index contributed by atoms with van der Waals surface area (Å²) < 4.78 is 7.63. The molecule has 3 aromatic rings. The number of rotatable bonds is 5. The van der Waals surface area contributed by atoms with Crippen LogP contribution in [-0.4, -0.2) is 35.6 Å². The molecule has 0 radical (unpaired) electrons. The molecule has 8 heteroatoms. The molecule has 0 saturated carbocycles. The second-order valence-corrected chi connectivity index (χ2v) is 7.80. The van der Waals surface area contributed by atoms with Crippen LogP contribution in [0.25, 0.3) is 10.2 Å². The smallest absolute Gasteiger partial charge is 0.337 e. The molecule has 0 spiro atoms. The van der Waals surface area contributed by atoms with Crippen LogP contribution >= 0.6 is 23.1 Å². The number of fused-ring (bicyclic) bond motifs is 1. The molecule has 1 amide bonds. The van der Waals surface area contributed by atoms with Crippen molar-refractivity contribution in [1.29, 1.82) is 5.26 Å². The molecule has 0 fully saturated rings. The lowest BCUT2D eigenvalue weighted by Crippen LogP contribution is -2.18. The molecule has 6 nitrogen and oxygen atoms in total. The number of nitrogens with zero attached hydrogens (tertiary/aromatic N) is 3. The third-order valence-electron chi connectivity index (χ3n) is 4.08. The van der Waals surface area contributed by atoms with Gasteiger partial charge in [-0.15, -0.1) is 0 Å². The molecule has 142 valence electrons. The Bertz CT molecular complexity index is 1140. The monoisotopic (exact) mass is 411 g/mol. The number of thiazole rings is 1. The molecule has 2 aromatic carbocycles. The fourth-order valence-corrected chi connectivity index (χ4v) is 4.10. The van der Waals surface area contributed by atoms with Crippen LogP contribution in [-0.2, 0) is 11.3 Å². The Morgan fingerprint density at radius 3 is 2.57 bits per heavy atom. The highest BCUT2D eigenvalue weighted by Gasteiger charge is 2.12. The molecule has 0 N–H and O–H groups in total. The highest BCUT2D eigenvalue weighted by Crippen LogP contribution is 2.20. The standard InChI is InChI=1S/C20H17N3O3S2/c1-26-19(25)15-7-8-16-17(11-15)28-20(23(16)9-10-27-2)22-18(24)14-5-3-13(12-21)4-6-14/h3-8,11H,9-10H2,1-2H3. The Kier molecular flexibility index (Phi) is 6.29. The van der Waals surface area contributed by atoms with Gasteiger partial charge in [-0.2, -0.15) is 22.0 Å². The number of thioether (sulfide) groups is 1. The number of ether oxygens (including phenoxy) is 1. The first-order valence-electron chi connectivity index (χ1n) is 8.37. The van der Waals surface area contributed by atoms with Crippen LogP contribution < -0.4 is 4.80 Å². The van der Waals surface area contributed by atoms with Crippen LogP contribution in [0.5, 0.6) is 0 Å². The minimum atomic E-state index is -0.405. The second kappa shape index (κ2) is 8.87. The molecule has 1 aromatic heterocycles. The van der Waals surface area contributed by atoms with Crippen molar-refractivity contribution in [3.8, 4) is 6.07 Å². The number of amides is 1. The molecule has 28 heavy (non-hydrogen) atoms. The van der Waals surface area contributed by atoms with Gasteiger partial charge in [0.1, 0.15) is 0 Å². The Hall–Kier alpha value is -2.89. The van der Waals surface area contributed by atoms with Crippen molar-refractivity contribution in [2.45, 2.75) is 6.54 Å². The van der Waals surface area contributed by atoms with E-state index in [4.69, 9.17) is 10.00 Å². The molecule has 0 unspecified atom stereocenters. The zero-order valence-electron chi connectivity index (χ0n) is 15.3. The SMILES string of the molecule is COC(=O)c1ccc2c(c1)sc(=NC(=O)c1ccc(C#N)cc1)n2CCSC. The van der Waals surface area contributed by atoms with Gasteiger partial charge in [-0.1, -0.05) is 11.3 Å². The maximum atomic E-state index is 12.6. The van der Waals surface area contributed by atoms with E-state index in [9.17, 15) is 9.59 Å². The number of carbonyl (C=O) groups excluding carboxylic acids is 2. The highest BCUT2D eigenvalue weighted by molar-refractivity contribution is 7.98. The summed E-state index contributed by atoms with van der Waals surface area (Å²) in [4.78, 5) is 29.3. The van der Waals surface area contributed by atoms with Gasteiger partial charge in [-0.3, -0.25) is 4.79 Å². The van der Waals surface area contributed by atoms with Crippen molar-refractivity contribution in [2.75, 3.05) is 19.1 Å². The van der Waals surface area contributed by atoms with E-state index in [1.165, 1.54) is 18.4 Å². The zero-order chi connectivity index (χ0) is 20.1. The average Bonchev–Trinajstić information content (AvgIpc) is 3.07. The summed E-state index contributed by atoms with van der Waals surface area (Å²) in [5.74, 6) is 0.0864. The van der Waals surface area contributed by atoms with Crippen LogP contribution in [0.1, 0.15) is 26.3 Å². The van der Waals surface area contributed by atoms with Gasteiger partial charge in [0.15, 0.2) is 4.80 Å². The van der Waals surface area contributed by atoms with Crippen molar-refractivity contribution in [2.24, 2.45) is 4.99 Å². The Morgan fingerprint density at radius 2 is 1.93 bits per heavy atom. The predicted molar refractivity (Wildman–Crippen MR) is 111 cm³/mol. The van der Waals surface area contributed by atoms with E-state index in [2.05, 4.69) is 4.99 Å². The number of methoxy groups -OCH3 is 1. The largest absolute Gasteiger partial charge is 0.465 e. The summed E-state index contributed by atoms with van der Waals surface area (Å²) >= 11 is 3.05. The van der Waals surface area contributed by atoms with Crippen molar-refractivity contribution in [3.63, 3.8) is 0 Å². The summed E-state index contributed by atoms with van der Waals surface area (Å²) in [6, 6.07) is 13.7. The number of hydrogen-bond acceptors (Lipinski definition) is 6. The van der Waals surface area contributed by atoms with Crippen LogP contribution in [0.2, 0.25) is 0 Å². The van der Waals surface area contributed by atoms with Gasteiger partial charge >= 0.3 is 5.97 Å². The number of nitriles is 1. The maximum absolute atomic E-state index is 12.6. The second-order valence-electron chi connectivity index (χ2n) is 5.81. The van der Waals surface area contributed by atoms with Crippen LogP contribution in [0.4, 0.5) is 0 Å². The predicted octanol–water partition coefficient (Wildman–Crippen LogP) is 3.47. The summed E-state index contributed by atoms with van der Waals surface area (Å²) in [6.45, 7) is 0.693. The number of carbonyl (C=O) groups is 2. The molecule has 0 aliphatic carbocycles. The molecule has 0 aliphatic rings. The number of hydrogen-bond donors (Lipinski definition) is 0. The lowest BCUT2D eigenvalue weighted by molar-refractivity contribution is 0.0601. The lowest BCUT2D eigenvalue weighted by atomic mass is 10.1. The normalized spacial score (nSPS) is 11.4. The summed E-state index contributed by atoms with van der Waals surface area (Å²) in [5.41, 5.74) is 2.28. The molecular formula is C20H17N3O3S2. The van der Waals surface area contributed by atoms with E-state index < -0.39 is 5.97 Å². The van der Waals surface area contributed by atoms with E-state index in [0.29, 0.717) is 28.0 Å². The van der Waals surface area contributed by atoms with Crippen molar-refractivity contribution >= 4 is 45.2 Å². The van der Waals surface area contributed by atoms with E-state index in [-0.39, 0.29) is 5.91 Å². The van der Waals surface area contributed by atoms with E-state index in [0.717, 1.165) is 16.0 Å². The molecule has 3 rings (SSSR count). The molecular weight excluding hydrogens is 394 g/mol. The molecule has 0 bridgehead atoms. The van der Waals surface area contributed by atoms with Gasteiger partial charge in [0.2, 0.25) is 0 Å². The van der Waals surface area contributed by atoms with Crippen LogP contribution in [0.3, 0.4) is 0 Å². The van der Waals surface area contributed by atoms with Gasteiger partial charge in [0.25, 0.3) is 5.91 Å². The quantitative estimate of drug-likeness (QED) is 0.600. The van der Waals surface area contributed by atoms with Gasteiger partial charge in [-0.25, -0.2) is 4.79 Å². The van der Waals surface area contributed by atoms with Crippen LogP contribution in [0, 0.1) is 11.3 Å². The highest BCUT2D eigenvalue weighted by atomic mass is 32.2. The fourth-order valence-electron chi connectivity index (χ4n) is 2.64. The Morgan fingerprint density at radius 1 is 1.21 bits per heavy atom. The third-order valence-corrected chi connectivity index (χ3v) is 5.71. The molecule has 0 saturated heterocycles. The number of esters is 1. The minimum Gasteiger partial charge on any atom is -0.465 e. The summed E-state index contributed by atoms with van der Waals surface area (Å²) in [5, 5.41) is 8.89. The molecule has 0 aliphatic heterocycles. The first kappa shape index (κ1) is 19.9. The lowest BCUT2D eigenvalue weighted by Gasteiger charge is -2.04. The van der Waals surface area contributed by atoms with E-state index in [1.807, 2.05) is 23.0 Å². The summed E-state index contributed by atoms with van der Waals surface area (Å²) in [7, 11) is 1.34. The maximum Gasteiger partial charge on any atom is 0.337 e. The number of benzene rings is 2. The number of aromatic nitrogens is 1. The van der Waals surface area contributed by atoms with Crippen molar-refractivity contribution in [1.82, 2.24) is 4.57 Å². The van der Waals surface area contributed by atoms with Gasteiger partial charge in [-0.05, 0) is 48.7 Å². The minimum absolute atomic E-state index is 0.373. The van der Waals surface area contributed by atoms with Gasteiger partial charge in [0, 0.05) is 17.9 Å². The summed E-state index contributed by atoms with van der Waals surface area (Å²) in [6.07, 6.45) is 2.02. The number of aryl methyl sites for hydroxylation is 1. The first-order chi connectivity index (χ1) is 13.6. The van der Waals surface area contributed by atoms with Gasteiger partial charge < -0.3 is 9.30 Å². The average molecular weight is 412 g/mol. The molecule has 1 heterocycles. The van der Waals surface area contributed by atoms with E-state index in [1.54, 1.807) is 48.2 Å². The fraction of sp³-hybridized carbons (Fsp3) is 0.200. The van der Waals surface area contributed by atoms with E-state index >= 15 is 0 Å². The Balaban J connectivity index is 2.08. The van der Waals surface area contributed by atoms with Crippen molar-refractivity contribution < 1.29 is 14.3 Å².